The first kappa shape index (κ1) is 20.1. The molecule has 6 nitrogen and oxygen atoms in total. The lowest BCUT2D eigenvalue weighted by molar-refractivity contribution is -0.138. The maximum absolute atomic E-state index is 13.3. The lowest BCUT2D eigenvalue weighted by Gasteiger charge is -2.32. The number of carbonyl (C=O) groups is 2. The highest BCUT2D eigenvalue weighted by atomic mass is 19.4. The van der Waals surface area contributed by atoms with Gasteiger partial charge in [0, 0.05) is 24.8 Å². The van der Waals surface area contributed by atoms with E-state index in [9.17, 15) is 22.8 Å². The fraction of sp³-hybridized carbons (Fsp3) is 0.333. The largest absolute Gasteiger partial charge is 0.416 e. The van der Waals surface area contributed by atoms with Crippen LogP contribution in [0, 0.1) is 0 Å². The second-order valence-corrected chi connectivity index (χ2v) is 7.37. The maximum atomic E-state index is 13.3. The number of nitrogens with zero attached hydrogens (tertiary/aromatic N) is 4. The Kier molecular flexibility index (Phi) is 5.05. The van der Waals surface area contributed by atoms with Crippen LogP contribution in [0.4, 0.5) is 13.2 Å². The average Bonchev–Trinajstić information content (AvgIpc) is 3.16. The Morgan fingerprint density at radius 2 is 1.77 bits per heavy atom. The highest BCUT2D eigenvalue weighted by molar-refractivity contribution is 5.95. The first-order chi connectivity index (χ1) is 14.3. The van der Waals surface area contributed by atoms with Crippen molar-refractivity contribution in [3.8, 4) is 0 Å². The lowest BCUT2D eigenvalue weighted by Crippen LogP contribution is -2.39. The molecule has 4 rings (SSSR count). The molecule has 1 aliphatic heterocycles. The van der Waals surface area contributed by atoms with Crippen molar-refractivity contribution in [1.29, 1.82) is 0 Å². The van der Waals surface area contributed by atoms with Crippen LogP contribution in [0.1, 0.15) is 57.8 Å². The van der Waals surface area contributed by atoms with E-state index in [1.165, 1.54) is 23.5 Å². The van der Waals surface area contributed by atoms with Gasteiger partial charge in [0.05, 0.1) is 5.56 Å². The zero-order valence-corrected chi connectivity index (χ0v) is 16.2. The molecule has 3 heterocycles. The normalized spacial score (nSPS) is 15.5. The van der Waals surface area contributed by atoms with E-state index < -0.39 is 11.7 Å². The second kappa shape index (κ2) is 7.55. The predicted octanol–water partition coefficient (Wildman–Crippen LogP) is 3.97. The van der Waals surface area contributed by atoms with Crippen LogP contribution >= 0.6 is 0 Å². The predicted molar refractivity (Wildman–Crippen MR) is 102 cm³/mol. The van der Waals surface area contributed by atoms with Gasteiger partial charge >= 0.3 is 6.18 Å². The molecule has 1 aromatic carbocycles. The van der Waals surface area contributed by atoms with Gasteiger partial charge in [-0.1, -0.05) is 18.2 Å². The van der Waals surface area contributed by atoms with Crippen molar-refractivity contribution in [2.24, 2.45) is 0 Å². The van der Waals surface area contributed by atoms with Gasteiger partial charge in [0.1, 0.15) is 0 Å². The van der Waals surface area contributed by atoms with E-state index in [2.05, 4.69) is 10.2 Å². The fourth-order valence-corrected chi connectivity index (χ4v) is 3.90. The first-order valence-corrected chi connectivity index (χ1v) is 9.57. The van der Waals surface area contributed by atoms with Crippen molar-refractivity contribution in [1.82, 2.24) is 19.5 Å². The highest BCUT2D eigenvalue weighted by Gasteiger charge is 2.36. The molecule has 9 heteroatoms. The van der Waals surface area contributed by atoms with Crippen LogP contribution in [-0.4, -0.2) is 44.3 Å². The van der Waals surface area contributed by atoms with Crippen LogP contribution < -0.4 is 0 Å². The Morgan fingerprint density at radius 3 is 2.43 bits per heavy atom. The van der Waals surface area contributed by atoms with Crippen molar-refractivity contribution in [3.63, 3.8) is 0 Å². The van der Waals surface area contributed by atoms with Crippen molar-refractivity contribution in [3.05, 3.63) is 65.1 Å². The summed E-state index contributed by atoms with van der Waals surface area (Å²) in [7, 11) is 0. The lowest BCUT2D eigenvalue weighted by atomic mass is 9.86. The molecule has 1 amide bonds. The first-order valence-electron chi connectivity index (χ1n) is 9.57. The van der Waals surface area contributed by atoms with Crippen molar-refractivity contribution in [2.75, 3.05) is 13.1 Å². The third-order valence-corrected chi connectivity index (χ3v) is 5.50. The molecule has 0 bridgehead atoms. The number of aromatic nitrogens is 3. The van der Waals surface area contributed by atoms with E-state index in [4.69, 9.17) is 0 Å². The van der Waals surface area contributed by atoms with Gasteiger partial charge in [-0.3, -0.25) is 14.0 Å². The number of alkyl halides is 3. The minimum absolute atomic E-state index is 0.116. The van der Waals surface area contributed by atoms with Crippen LogP contribution in [0.5, 0.6) is 0 Å². The molecule has 1 aliphatic rings. The Hall–Kier alpha value is -3.23. The molecular formula is C21H19F3N4O2. The molecule has 0 spiro atoms. The molecule has 0 radical (unpaired) electrons. The Labute approximate surface area is 170 Å². The number of hydrogen-bond donors (Lipinski definition) is 0. The quantitative estimate of drug-likeness (QED) is 0.606. The number of amides is 1. The number of halogens is 3. The Bertz CT molecular complexity index is 1110. The van der Waals surface area contributed by atoms with Crippen LogP contribution in [0.25, 0.3) is 5.65 Å². The molecule has 0 saturated carbocycles. The van der Waals surface area contributed by atoms with E-state index in [1.807, 2.05) is 0 Å². The van der Waals surface area contributed by atoms with Crippen LogP contribution in [0.15, 0.2) is 42.6 Å². The van der Waals surface area contributed by atoms with Crippen molar-refractivity contribution in [2.45, 2.75) is 31.9 Å². The van der Waals surface area contributed by atoms with Gasteiger partial charge in [-0.25, -0.2) is 0 Å². The standard InChI is InChI=1S/C21H19F3N4O2/c1-13(29)15-8-11-28-18(12-15)25-26-19(28)20(30)27-9-6-14(7-10-27)16-4-2-3-5-17(16)21(22,23)24/h2-5,8,11-12,14H,6-7,9-10H2,1H3. The average molecular weight is 416 g/mol. The van der Waals surface area contributed by atoms with Crippen LogP contribution in [-0.2, 0) is 6.18 Å². The summed E-state index contributed by atoms with van der Waals surface area (Å²) < 4.78 is 41.5. The fourth-order valence-electron chi connectivity index (χ4n) is 3.90. The molecule has 156 valence electrons. The third-order valence-electron chi connectivity index (χ3n) is 5.50. The summed E-state index contributed by atoms with van der Waals surface area (Å²) in [6, 6.07) is 8.77. The van der Waals surface area contributed by atoms with Gasteiger partial charge in [0.25, 0.3) is 5.91 Å². The molecule has 30 heavy (non-hydrogen) atoms. The number of Topliss-reactive ketones (excluding diaryl/α,β-unsaturated/α-hetero) is 1. The number of fused-ring (bicyclic) bond motifs is 1. The van der Waals surface area contributed by atoms with Crippen molar-refractivity contribution < 1.29 is 22.8 Å². The van der Waals surface area contributed by atoms with Crippen molar-refractivity contribution >= 4 is 17.3 Å². The summed E-state index contributed by atoms with van der Waals surface area (Å²) in [5.41, 5.74) is 0.527. The Morgan fingerprint density at radius 1 is 1.07 bits per heavy atom. The number of pyridine rings is 1. The summed E-state index contributed by atoms with van der Waals surface area (Å²) in [5.74, 6) is -0.593. The highest BCUT2D eigenvalue weighted by Crippen LogP contribution is 2.38. The SMILES string of the molecule is CC(=O)c1ccn2c(C(=O)N3CCC(c4ccccc4C(F)(F)F)CC3)nnc2c1. The minimum Gasteiger partial charge on any atom is -0.336 e. The number of rotatable bonds is 3. The van der Waals surface area contributed by atoms with E-state index in [0.717, 1.165) is 6.07 Å². The zero-order chi connectivity index (χ0) is 21.5. The van der Waals surface area contributed by atoms with E-state index in [-0.39, 0.29) is 29.0 Å². The van der Waals surface area contributed by atoms with Gasteiger partial charge < -0.3 is 4.90 Å². The van der Waals surface area contributed by atoms with Gasteiger partial charge in [0.15, 0.2) is 11.4 Å². The number of benzene rings is 1. The number of carbonyl (C=O) groups excluding carboxylic acids is 2. The van der Waals surface area contributed by atoms with E-state index >= 15 is 0 Å². The minimum atomic E-state index is -4.40. The molecule has 0 atom stereocenters. The summed E-state index contributed by atoms with van der Waals surface area (Å²) >= 11 is 0. The monoisotopic (exact) mass is 416 g/mol. The summed E-state index contributed by atoms with van der Waals surface area (Å²) in [6.07, 6.45) is -1.96. The van der Waals surface area contributed by atoms with E-state index in [1.54, 1.807) is 29.3 Å². The molecule has 2 aromatic heterocycles. The number of piperidine rings is 1. The number of likely N-dealkylation sites (tertiary alicyclic amines) is 1. The topological polar surface area (TPSA) is 67.6 Å². The molecule has 0 N–H and O–H groups in total. The molecule has 0 unspecified atom stereocenters. The smallest absolute Gasteiger partial charge is 0.336 e. The van der Waals surface area contributed by atoms with Gasteiger partial charge in [-0.05, 0) is 49.4 Å². The summed E-state index contributed by atoms with van der Waals surface area (Å²) in [5, 5.41) is 7.92. The summed E-state index contributed by atoms with van der Waals surface area (Å²) in [6.45, 7) is 2.10. The molecule has 1 fully saturated rings. The zero-order valence-electron chi connectivity index (χ0n) is 16.2. The Balaban J connectivity index is 1.51. The molecule has 1 saturated heterocycles. The van der Waals surface area contributed by atoms with Gasteiger partial charge in [0.2, 0.25) is 5.82 Å². The second-order valence-electron chi connectivity index (χ2n) is 7.37. The van der Waals surface area contributed by atoms with Crippen LogP contribution in [0.3, 0.4) is 0 Å². The molecule has 3 aromatic rings. The summed E-state index contributed by atoms with van der Waals surface area (Å²) in [4.78, 5) is 26.0. The maximum Gasteiger partial charge on any atom is 0.416 e. The molecular weight excluding hydrogens is 397 g/mol. The molecule has 0 aliphatic carbocycles. The van der Waals surface area contributed by atoms with Crippen LogP contribution in [0.2, 0.25) is 0 Å². The number of ketones is 1. The number of hydrogen-bond acceptors (Lipinski definition) is 4. The van der Waals surface area contributed by atoms with Gasteiger partial charge in [-0.2, -0.15) is 13.2 Å². The van der Waals surface area contributed by atoms with Gasteiger partial charge in [-0.15, -0.1) is 10.2 Å². The van der Waals surface area contributed by atoms with E-state index in [0.29, 0.717) is 37.1 Å². The third kappa shape index (κ3) is 3.67.